The Kier molecular flexibility index (Phi) is 2.91. The number of aromatic nitrogens is 2. The lowest BCUT2D eigenvalue weighted by atomic mass is 9.79. The molecule has 0 amide bonds. The zero-order valence-electron chi connectivity index (χ0n) is 13.3. The summed E-state index contributed by atoms with van der Waals surface area (Å²) in [7, 11) is 3.15. The van der Waals surface area contributed by atoms with Crippen LogP contribution in [-0.2, 0) is 14.1 Å². The first-order chi connectivity index (χ1) is 11.0. The quantitative estimate of drug-likeness (QED) is 0.729. The fourth-order valence-corrected chi connectivity index (χ4v) is 3.78. The molecule has 2 aliphatic rings. The van der Waals surface area contributed by atoms with Crippen LogP contribution in [0.3, 0.4) is 0 Å². The Balaban J connectivity index is 1.96. The molecule has 1 aromatic heterocycles. The highest BCUT2D eigenvalue weighted by molar-refractivity contribution is 5.48. The van der Waals surface area contributed by atoms with Gasteiger partial charge in [0.25, 0.3) is 5.56 Å². The molecule has 23 heavy (non-hydrogen) atoms. The Bertz CT molecular complexity index is 925. The van der Waals surface area contributed by atoms with Crippen LogP contribution in [0.15, 0.2) is 27.8 Å². The average molecular weight is 314 g/mol. The van der Waals surface area contributed by atoms with Gasteiger partial charge in [-0.1, -0.05) is 12.1 Å². The van der Waals surface area contributed by atoms with Crippen molar-refractivity contribution in [2.75, 3.05) is 13.2 Å². The van der Waals surface area contributed by atoms with Gasteiger partial charge in [0.1, 0.15) is 5.75 Å². The topological polar surface area (TPSA) is 62.5 Å². The maximum Gasteiger partial charge on any atom is 0.330 e. The van der Waals surface area contributed by atoms with Crippen molar-refractivity contribution in [3.05, 3.63) is 55.9 Å². The molecular weight excluding hydrogens is 296 g/mol. The van der Waals surface area contributed by atoms with Crippen LogP contribution < -0.4 is 20.7 Å². The van der Waals surface area contributed by atoms with E-state index in [4.69, 9.17) is 9.47 Å². The van der Waals surface area contributed by atoms with E-state index in [2.05, 4.69) is 0 Å². The van der Waals surface area contributed by atoms with Gasteiger partial charge in [0.15, 0.2) is 0 Å². The van der Waals surface area contributed by atoms with Gasteiger partial charge < -0.3 is 9.47 Å². The number of benzene rings is 1. The zero-order chi connectivity index (χ0) is 16.3. The fourth-order valence-electron chi connectivity index (χ4n) is 3.78. The Morgan fingerprint density at radius 3 is 2.57 bits per heavy atom. The monoisotopic (exact) mass is 314 g/mol. The van der Waals surface area contributed by atoms with E-state index in [0.29, 0.717) is 18.9 Å². The summed E-state index contributed by atoms with van der Waals surface area (Å²) in [4.78, 5) is 24.6. The molecule has 0 saturated heterocycles. The molecule has 6 heteroatoms. The Morgan fingerprint density at radius 2 is 1.78 bits per heavy atom. The molecule has 0 aliphatic carbocycles. The van der Waals surface area contributed by atoms with E-state index in [-0.39, 0.29) is 28.8 Å². The largest absolute Gasteiger partial charge is 0.493 e. The summed E-state index contributed by atoms with van der Waals surface area (Å²) in [6.45, 7) is 2.91. The standard InChI is InChI=1S/C17H18N2O4/c1-9-5-4-6-12-13(9)10-7-23-15-14(11(10)8-22-12)18(2)17(21)19(3)16(15)20/h4-6,10-11H,7-8H2,1-3H3/t10-,11-/m0/s1. The Hall–Kier alpha value is -2.50. The van der Waals surface area contributed by atoms with Crippen LogP contribution in [0.5, 0.6) is 11.5 Å². The third-order valence-electron chi connectivity index (χ3n) is 4.98. The molecular formula is C17H18N2O4. The maximum atomic E-state index is 12.4. The van der Waals surface area contributed by atoms with Gasteiger partial charge >= 0.3 is 5.69 Å². The number of hydrogen-bond acceptors (Lipinski definition) is 4. The molecule has 2 aromatic rings. The van der Waals surface area contributed by atoms with Crippen molar-refractivity contribution >= 4 is 0 Å². The first-order valence-electron chi connectivity index (χ1n) is 7.65. The molecule has 0 saturated carbocycles. The SMILES string of the molecule is Cc1cccc2c1[C@H]1COc3c(n(C)c(=O)n(C)c3=O)[C@H]1CO2. The summed E-state index contributed by atoms with van der Waals surface area (Å²) in [5.74, 6) is 1.17. The predicted octanol–water partition coefficient (Wildman–Crippen LogP) is 1.04. The lowest BCUT2D eigenvalue weighted by molar-refractivity contribution is 0.157. The van der Waals surface area contributed by atoms with Gasteiger partial charge in [-0.2, -0.15) is 0 Å². The van der Waals surface area contributed by atoms with Crippen molar-refractivity contribution in [1.29, 1.82) is 0 Å². The average Bonchev–Trinajstić information content (AvgIpc) is 2.56. The van der Waals surface area contributed by atoms with E-state index < -0.39 is 0 Å². The summed E-state index contributed by atoms with van der Waals surface area (Å²) in [5.41, 5.74) is 2.18. The molecule has 0 N–H and O–H groups in total. The number of fused-ring (bicyclic) bond motifs is 5. The number of rotatable bonds is 0. The van der Waals surface area contributed by atoms with Gasteiger partial charge in [0.05, 0.1) is 18.9 Å². The van der Waals surface area contributed by atoms with Gasteiger partial charge in [0.2, 0.25) is 5.75 Å². The third kappa shape index (κ3) is 1.81. The van der Waals surface area contributed by atoms with Crippen LogP contribution in [0, 0.1) is 6.92 Å². The van der Waals surface area contributed by atoms with Crippen LogP contribution >= 0.6 is 0 Å². The number of nitrogens with zero attached hydrogens (tertiary/aromatic N) is 2. The highest BCUT2D eigenvalue weighted by Gasteiger charge is 2.41. The number of hydrogen-bond donors (Lipinski definition) is 0. The molecule has 0 radical (unpaired) electrons. The summed E-state index contributed by atoms with van der Waals surface area (Å²) in [6.07, 6.45) is 0. The molecule has 6 nitrogen and oxygen atoms in total. The van der Waals surface area contributed by atoms with Gasteiger partial charge in [-0.15, -0.1) is 0 Å². The van der Waals surface area contributed by atoms with E-state index in [1.165, 1.54) is 11.6 Å². The lowest BCUT2D eigenvalue weighted by Crippen LogP contribution is -2.45. The second-order valence-electron chi connectivity index (χ2n) is 6.24. The van der Waals surface area contributed by atoms with Crippen molar-refractivity contribution in [1.82, 2.24) is 9.13 Å². The summed E-state index contributed by atoms with van der Waals surface area (Å²) in [5, 5.41) is 0. The normalized spacial score (nSPS) is 21.5. The second-order valence-corrected chi connectivity index (χ2v) is 6.24. The molecule has 2 aliphatic heterocycles. The molecule has 3 heterocycles. The van der Waals surface area contributed by atoms with E-state index in [1.54, 1.807) is 7.05 Å². The van der Waals surface area contributed by atoms with E-state index >= 15 is 0 Å². The van der Waals surface area contributed by atoms with Crippen molar-refractivity contribution in [3.8, 4) is 11.5 Å². The molecule has 0 bridgehead atoms. The van der Waals surface area contributed by atoms with Crippen molar-refractivity contribution in [2.24, 2.45) is 14.1 Å². The molecule has 120 valence electrons. The number of aryl methyl sites for hydroxylation is 1. The van der Waals surface area contributed by atoms with Crippen molar-refractivity contribution in [3.63, 3.8) is 0 Å². The first kappa shape index (κ1) is 14.1. The summed E-state index contributed by atoms with van der Waals surface area (Å²) in [6, 6.07) is 5.97. The highest BCUT2D eigenvalue weighted by Crippen LogP contribution is 2.47. The predicted molar refractivity (Wildman–Crippen MR) is 84.6 cm³/mol. The van der Waals surface area contributed by atoms with Gasteiger partial charge in [-0.25, -0.2) is 4.79 Å². The summed E-state index contributed by atoms with van der Waals surface area (Å²) < 4.78 is 14.3. The molecule has 2 atom stereocenters. The van der Waals surface area contributed by atoms with Gasteiger partial charge in [-0.3, -0.25) is 13.9 Å². The Labute approximate surface area is 132 Å². The lowest BCUT2D eigenvalue weighted by Gasteiger charge is -2.39. The van der Waals surface area contributed by atoms with Crippen LogP contribution in [0.25, 0.3) is 0 Å². The van der Waals surface area contributed by atoms with Crippen molar-refractivity contribution < 1.29 is 9.47 Å². The van der Waals surface area contributed by atoms with Crippen LogP contribution in [0.1, 0.15) is 28.7 Å². The molecule has 1 aromatic carbocycles. The molecule has 0 fully saturated rings. The number of ether oxygens (including phenoxy) is 2. The minimum atomic E-state index is -0.378. The third-order valence-corrected chi connectivity index (χ3v) is 4.98. The van der Waals surface area contributed by atoms with Crippen LogP contribution in [0.2, 0.25) is 0 Å². The van der Waals surface area contributed by atoms with Crippen LogP contribution in [0.4, 0.5) is 0 Å². The highest BCUT2D eigenvalue weighted by atomic mass is 16.5. The van der Waals surface area contributed by atoms with Crippen LogP contribution in [-0.4, -0.2) is 22.3 Å². The van der Waals surface area contributed by atoms with E-state index in [0.717, 1.165) is 21.4 Å². The Morgan fingerprint density at radius 1 is 1.04 bits per heavy atom. The molecule has 4 rings (SSSR count). The minimum absolute atomic E-state index is 0.0565. The van der Waals surface area contributed by atoms with Gasteiger partial charge in [-0.05, 0) is 18.6 Å². The van der Waals surface area contributed by atoms with Crippen molar-refractivity contribution in [2.45, 2.75) is 18.8 Å². The summed E-state index contributed by atoms with van der Waals surface area (Å²) >= 11 is 0. The molecule has 0 spiro atoms. The second kappa shape index (κ2) is 4.75. The smallest absolute Gasteiger partial charge is 0.330 e. The zero-order valence-corrected chi connectivity index (χ0v) is 13.3. The van der Waals surface area contributed by atoms with E-state index in [1.807, 2.05) is 25.1 Å². The first-order valence-corrected chi connectivity index (χ1v) is 7.65. The maximum absolute atomic E-state index is 12.4. The fraction of sp³-hybridized carbons (Fsp3) is 0.412. The van der Waals surface area contributed by atoms with E-state index in [9.17, 15) is 9.59 Å². The minimum Gasteiger partial charge on any atom is -0.493 e. The molecule has 0 unspecified atom stereocenters. The van der Waals surface area contributed by atoms with Gasteiger partial charge in [0, 0.05) is 31.5 Å².